The summed E-state index contributed by atoms with van der Waals surface area (Å²) in [6.07, 6.45) is 1.17. The van der Waals surface area contributed by atoms with Crippen molar-refractivity contribution in [3.8, 4) is 5.75 Å². The van der Waals surface area contributed by atoms with Gasteiger partial charge in [0.2, 0.25) is 17.7 Å². The summed E-state index contributed by atoms with van der Waals surface area (Å²) in [5.41, 5.74) is 0.517. The fourth-order valence-corrected chi connectivity index (χ4v) is 3.68. The number of anilines is 1. The van der Waals surface area contributed by atoms with E-state index in [-0.39, 0.29) is 48.2 Å². The normalized spacial score (nSPS) is 16.0. The number of likely N-dealkylation sites (tertiary alicyclic amines) is 1. The van der Waals surface area contributed by atoms with Gasteiger partial charge in [-0.15, -0.1) is 9.24 Å². The molecule has 2 N–H and O–H groups in total. The largest absolute Gasteiger partial charge is 0.498 e. The molecular weight excluding hydrogens is 441 g/mol. The van der Waals surface area contributed by atoms with Gasteiger partial charge in [0.05, 0.1) is 24.6 Å². The minimum Gasteiger partial charge on any atom is -0.498 e. The molecule has 9 heteroatoms. The second-order valence-electron chi connectivity index (χ2n) is 8.58. The van der Waals surface area contributed by atoms with Gasteiger partial charge in [-0.3, -0.25) is 19.3 Å². The number of carbonyl (C=O) groups excluding carboxylic acids is 3. The van der Waals surface area contributed by atoms with E-state index in [1.807, 2.05) is 31.2 Å². The third-order valence-electron chi connectivity index (χ3n) is 5.54. The van der Waals surface area contributed by atoms with Crippen LogP contribution >= 0.6 is 9.24 Å². The highest BCUT2D eigenvalue weighted by Crippen LogP contribution is 2.30. The Hall–Kier alpha value is -2.60. The van der Waals surface area contributed by atoms with Crippen LogP contribution < -0.4 is 15.4 Å². The minimum absolute atomic E-state index is 0.0873. The van der Waals surface area contributed by atoms with Crippen molar-refractivity contribution >= 4 is 32.6 Å². The third-order valence-corrected chi connectivity index (χ3v) is 6.06. The lowest BCUT2D eigenvalue weighted by atomic mass is 9.87. The first-order valence-corrected chi connectivity index (χ1v) is 12.0. The van der Waals surface area contributed by atoms with E-state index in [0.717, 1.165) is 29.3 Å². The fourth-order valence-electron chi connectivity index (χ4n) is 3.30. The quantitative estimate of drug-likeness (QED) is 0.185. The summed E-state index contributed by atoms with van der Waals surface area (Å²) in [6, 6.07) is 7.64. The predicted octanol–water partition coefficient (Wildman–Crippen LogP) is 2.95. The Morgan fingerprint density at radius 3 is 2.55 bits per heavy atom. The van der Waals surface area contributed by atoms with E-state index in [1.165, 1.54) is 0 Å². The fraction of sp³-hybridized carbons (Fsp3) is 0.542. The second kappa shape index (κ2) is 12.6. The van der Waals surface area contributed by atoms with E-state index in [1.54, 1.807) is 0 Å². The first-order chi connectivity index (χ1) is 15.6. The Kier molecular flexibility index (Phi) is 10.2. The van der Waals surface area contributed by atoms with Gasteiger partial charge < -0.3 is 20.1 Å². The smallest absolute Gasteiger partial charge is 0.236 e. The monoisotopic (exact) mass is 477 g/mol. The molecule has 1 aliphatic heterocycles. The van der Waals surface area contributed by atoms with Crippen LogP contribution in [0.1, 0.15) is 40.0 Å². The number of carbonyl (C=O) groups is 3. The number of amides is 3. The molecule has 0 aromatic heterocycles. The Morgan fingerprint density at radius 1 is 1.24 bits per heavy atom. The van der Waals surface area contributed by atoms with E-state index in [0.29, 0.717) is 25.5 Å². The van der Waals surface area contributed by atoms with Gasteiger partial charge in [0, 0.05) is 37.0 Å². The van der Waals surface area contributed by atoms with Crippen LogP contribution in [0.3, 0.4) is 0 Å². The molecule has 2 atom stereocenters. The lowest BCUT2D eigenvalue weighted by Gasteiger charge is -2.27. The van der Waals surface area contributed by atoms with E-state index in [2.05, 4.69) is 40.3 Å². The number of benzene rings is 1. The average molecular weight is 478 g/mol. The molecule has 0 saturated carbocycles. The Labute approximate surface area is 198 Å². The summed E-state index contributed by atoms with van der Waals surface area (Å²) in [6.45, 7) is 12.4. The van der Waals surface area contributed by atoms with Crippen molar-refractivity contribution in [1.82, 2.24) is 10.2 Å². The number of imide groups is 1. The summed E-state index contributed by atoms with van der Waals surface area (Å²) < 4.78 is 11.2. The van der Waals surface area contributed by atoms with Crippen LogP contribution in [-0.2, 0) is 19.1 Å². The van der Waals surface area contributed by atoms with Gasteiger partial charge in [-0.05, 0) is 37.6 Å². The van der Waals surface area contributed by atoms with Crippen LogP contribution in [0, 0.1) is 5.41 Å². The zero-order chi connectivity index (χ0) is 24.4. The highest BCUT2D eigenvalue weighted by atomic mass is 31.0. The lowest BCUT2D eigenvalue weighted by Crippen LogP contribution is -2.36. The van der Waals surface area contributed by atoms with Crippen molar-refractivity contribution in [1.29, 1.82) is 0 Å². The van der Waals surface area contributed by atoms with Crippen molar-refractivity contribution in [3.05, 3.63) is 36.6 Å². The molecule has 0 bridgehead atoms. The second-order valence-corrected chi connectivity index (χ2v) is 9.39. The highest BCUT2D eigenvalue weighted by Gasteiger charge is 2.35. The zero-order valence-electron chi connectivity index (χ0n) is 19.8. The number of nitrogens with one attached hydrogen (secondary N) is 2. The van der Waals surface area contributed by atoms with Gasteiger partial charge in [-0.2, -0.15) is 0 Å². The molecule has 8 nitrogen and oxygen atoms in total. The van der Waals surface area contributed by atoms with Crippen LogP contribution in [0.5, 0.6) is 5.75 Å². The Morgan fingerprint density at radius 2 is 1.94 bits per heavy atom. The zero-order valence-corrected chi connectivity index (χ0v) is 21.0. The van der Waals surface area contributed by atoms with Gasteiger partial charge >= 0.3 is 0 Å². The predicted molar refractivity (Wildman–Crippen MR) is 132 cm³/mol. The number of allylic oxidation sites excluding steroid dienone is 1. The van der Waals surface area contributed by atoms with Gasteiger partial charge in [0.1, 0.15) is 12.4 Å². The number of ether oxygens (including phenoxy) is 2. The van der Waals surface area contributed by atoms with E-state index >= 15 is 0 Å². The lowest BCUT2D eigenvalue weighted by molar-refractivity contribution is -0.138. The molecule has 2 rings (SSSR count). The van der Waals surface area contributed by atoms with Crippen molar-refractivity contribution < 1.29 is 23.9 Å². The van der Waals surface area contributed by atoms with Crippen LogP contribution in [0.4, 0.5) is 5.69 Å². The van der Waals surface area contributed by atoms with E-state index in [9.17, 15) is 14.4 Å². The van der Waals surface area contributed by atoms with Gasteiger partial charge in [-0.25, -0.2) is 0 Å². The first-order valence-electron chi connectivity index (χ1n) is 11.3. The standard InChI is InChI=1S/C24H36N3O5P/c1-5-31-17(2)24(3,4)11-12-25-18-6-8-19(9-7-18)32-15-13-26-21(28)10-14-27-22(29)16-20(33)23(27)30/h6-9,20,25H,2,5,10-16,33H2,1,3-4H3,(H,26,28). The van der Waals surface area contributed by atoms with Crippen molar-refractivity contribution in [3.63, 3.8) is 0 Å². The molecule has 33 heavy (non-hydrogen) atoms. The van der Waals surface area contributed by atoms with E-state index in [4.69, 9.17) is 9.47 Å². The van der Waals surface area contributed by atoms with Crippen LogP contribution in [0.15, 0.2) is 36.6 Å². The third kappa shape index (κ3) is 8.35. The van der Waals surface area contributed by atoms with Crippen molar-refractivity contribution in [2.24, 2.45) is 5.41 Å². The van der Waals surface area contributed by atoms with Gasteiger partial charge in [0.25, 0.3) is 0 Å². The Balaban J connectivity index is 1.62. The molecule has 1 aromatic rings. The SMILES string of the molecule is C=C(OCC)C(C)(C)CCNc1ccc(OCCNC(=O)CCN2C(=O)CC(P)C2=O)cc1. The molecule has 1 heterocycles. The van der Waals surface area contributed by atoms with Gasteiger partial charge in [0.15, 0.2) is 0 Å². The summed E-state index contributed by atoms with van der Waals surface area (Å²) in [4.78, 5) is 36.7. The topological polar surface area (TPSA) is 97.0 Å². The molecule has 182 valence electrons. The summed E-state index contributed by atoms with van der Waals surface area (Å²) in [5.74, 6) is 0.822. The molecule has 1 aromatic carbocycles. The maximum Gasteiger partial charge on any atom is 0.236 e. The van der Waals surface area contributed by atoms with Crippen LogP contribution in [-0.4, -0.2) is 61.1 Å². The summed E-state index contributed by atoms with van der Waals surface area (Å²) in [5, 5.41) is 6.13. The number of hydrogen-bond donors (Lipinski definition) is 2. The maximum absolute atomic E-state index is 12.0. The number of rotatable bonds is 14. The molecule has 3 amide bonds. The number of hydrogen-bond acceptors (Lipinski definition) is 6. The van der Waals surface area contributed by atoms with Crippen molar-refractivity contribution in [2.45, 2.75) is 45.7 Å². The van der Waals surface area contributed by atoms with Crippen molar-refractivity contribution in [2.75, 3.05) is 38.2 Å². The van der Waals surface area contributed by atoms with Crippen LogP contribution in [0.25, 0.3) is 0 Å². The van der Waals surface area contributed by atoms with Crippen LogP contribution in [0.2, 0.25) is 0 Å². The van der Waals surface area contributed by atoms with E-state index < -0.39 is 0 Å². The molecule has 2 unspecified atom stereocenters. The summed E-state index contributed by atoms with van der Waals surface area (Å²) >= 11 is 0. The molecule has 1 saturated heterocycles. The molecular formula is C24H36N3O5P. The van der Waals surface area contributed by atoms with Gasteiger partial charge in [-0.1, -0.05) is 20.4 Å². The molecule has 1 aliphatic rings. The Bertz CT molecular complexity index is 841. The maximum atomic E-state index is 12.0. The molecule has 0 aliphatic carbocycles. The molecule has 1 fully saturated rings. The first kappa shape index (κ1) is 26.7. The molecule has 0 radical (unpaired) electrons. The highest BCUT2D eigenvalue weighted by molar-refractivity contribution is 7.19. The number of nitrogens with zero attached hydrogens (tertiary/aromatic N) is 1. The molecule has 0 spiro atoms. The average Bonchev–Trinajstić information content (AvgIpc) is 3.01. The minimum atomic E-state index is -0.372. The summed E-state index contributed by atoms with van der Waals surface area (Å²) in [7, 11) is 2.36.